The lowest BCUT2D eigenvalue weighted by atomic mass is 10.1. The van der Waals surface area contributed by atoms with Crippen LogP contribution in [0.15, 0.2) is 60.0 Å². The third-order valence-corrected chi connectivity index (χ3v) is 6.50. The highest BCUT2D eigenvalue weighted by Crippen LogP contribution is 2.20. The molecule has 33 heavy (non-hydrogen) atoms. The first-order chi connectivity index (χ1) is 15.9. The number of ether oxygens (including phenoxy) is 1. The van der Waals surface area contributed by atoms with Crippen LogP contribution in [0.4, 0.5) is 4.39 Å². The summed E-state index contributed by atoms with van der Waals surface area (Å²) in [5.41, 5.74) is 3.37. The standard InChI is InChI=1S/C26H29FN2O3S/c1-19-6-4-5-7-23(19)26(31)28(13-14-32-3)18-25(30)29(17-24-20(2)12-15-33-24)16-21-8-10-22(27)11-9-21/h4-12,15H,13-14,16-18H2,1-3H3. The number of aryl methyl sites for hydroxylation is 2. The van der Waals surface area contributed by atoms with Crippen molar-refractivity contribution in [2.45, 2.75) is 26.9 Å². The second-order valence-corrected chi connectivity index (χ2v) is 8.94. The van der Waals surface area contributed by atoms with Gasteiger partial charge in [-0.1, -0.05) is 30.3 Å². The van der Waals surface area contributed by atoms with Gasteiger partial charge in [-0.25, -0.2) is 4.39 Å². The quantitative estimate of drug-likeness (QED) is 0.429. The fourth-order valence-electron chi connectivity index (χ4n) is 3.48. The molecule has 0 aliphatic rings. The Hall–Kier alpha value is -3.03. The maximum Gasteiger partial charge on any atom is 0.254 e. The Morgan fingerprint density at radius 1 is 0.939 bits per heavy atom. The Morgan fingerprint density at radius 3 is 2.30 bits per heavy atom. The lowest BCUT2D eigenvalue weighted by Crippen LogP contribution is -2.44. The van der Waals surface area contributed by atoms with E-state index < -0.39 is 0 Å². The molecule has 0 fully saturated rings. The van der Waals surface area contributed by atoms with Crippen molar-refractivity contribution in [3.05, 3.63) is 92.9 Å². The van der Waals surface area contributed by atoms with Gasteiger partial charge in [0.25, 0.3) is 5.91 Å². The average molecular weight is 469 g/mol. The number of thiophene rings is 1. The van der Waals surface area contributed by atoms with Crippen LogP contribution < -0.4 is 0 Å². The minimum atomic E-state index is -0.319. The van der Waals surface area contributed by atoms with E-state index in [0.717, 1.165) is 21.6 Å². The number of benzene rings is 2. The fourth-order valence-corrected chi connectivity index (χ4v) is 4.40. The molecule has 3 aromatic rings. The van der Waals surface area contributed by atoms with Crippen molar-refractivity contribution in [1.29, 1.82) is 0 Å². The Morgan fingerprint density at radius 2 is 1.67 bits per heavy atom. The van der Waals surface area contributed by atoms with Gasteiger partial charge >= 0.3 is 0 Å². The van der Waals surface area contributed by atoms with Crippen molar-refractivity contribution in [2.24, 2.45) is 0 Å². The molecule has 0 saturated carbocycles. The first kappa shape index (κ1) is 24.6. The Bertz CT molecular complexity index is 1080. The predicted octanol–water partition coefficient (Wildman–Crippen LogP) is 4.82. The number of carbonyl (C=O) groups excluding carboxylic acids is 2. The SMILES string of the molecule is COCCN(CC(=O)N(Cc1ccc(F)cc1)Cc1sccc1C)C(=O)c1ccccc1C. The highest BCUT2D eigenvalue weighted by atomic mass is 32.1. The smallest absolute Gasteiger partial charge is 0.254 e. The van der Waals surface area contributed by atoms with Crippen molar-refractivity contribution in [1.82, 2.24) is 9.80 Å². The number of methoxy groups -OCH3 is 1. The zero-order valence-corrected chi connectivity index (χ0v) is 20.0. The summed E-state index contributed by atoms with van der Waals surface area (Å²) >= 11 is 1.59. The molecule has 2 aromatic carbocycles. The molecule has 5 nitrogen and oxygen atoms in total. The van der Waals surface area contributed by atoms with Gasteiger partial charge < -0.3 is 14.5 Å². The van der Waals surface area contributed by atoms with E-state index in [0.29, 0.717) is 31.8 Å². The van der Waals surface area contributed by atoms with Crippen molar-refractivity contribution < 1.29 is 18.7 Å². The molecule has 0 aliphatic heterocycles. The summed E-state index contributed by atoms with van der Waals surface area (Å²) in [4.78, 5) is 31.1. The molecule has 0 atom stereocenters. The molecule has 0 bridgehead atoms. The molecule has 0 unspecified atom stereocenters. The van der Waals surface area contributed by atoms with E-state index in [2.05, 4.69) is 0 Å². The van der Waals surface area contributed by atoms with Gasteiger partial charge in [-0.15, -0.1) is 11.3 Å². The van der Waals surface area contributed by atoms with Crippen molar-refractivity contribution in [2.75, 3.05) is 26.8 Å². The van der Waals surface area contributed by atoms with Crippen LogP contribution in [-0.2, 0) is 22.6 Å². The maximum atomic E-state index is 13.5. The van der Waals surface area contributed by atoms with E-state index in [9.17, 15) is 14.0 Å². The highest BCUT2D eigenvalue weighted by molar-refractivity contribution is 7.10. The number of carbonyl (C=O) groups is 2. The van der Waals surface area contributed by atoms with E-state index in [1.165, 1.54) is 17.0 Å². The zero-order valence-electron chi connectivity index (χ0n) is 19.2. The van der Waals surface area contributed by atoms with Gasteiger partial charge in [0.05, 0.1) is 13.2 Å². The normalized spacial score (nSPS) is 10.8. The Balaban J connectivity index is 1.83. The molecule has 174 valence electrons. The fraction of sp³-hybridized carbons (Fsp3) is 0.308. The third-order valence-electron chi connectivity index (χ3n) is 5.50. The number of halogens is 1. The lowest BCUT2D eigenvalue weighted by molar-refractivity contribution is -0.133. The zero-order chi connectivity index (χ0) is 23.8. The summed E-state index contributed by atoms with van der Waals surface area (Å²) < 4.78 is 18.6. The highest BCUT2D eigenvalue weighted by Gasteiger charge is 2.24. The average Bonchev–Trinajstić information content (AvgIpc) is 3.21. The summed E-state index contributed by atoms with van der Waals surface area (Å²) in [5.74, 6) is -0.696. The minimum absolute atomic E-state index is 0.0673. The molecule has 0 spiro atoms. The number of hydrogen-bond donors (Lipinski definition) is 0. The summed E-state index contributed by atoms with van der Waals surface area (Å²) in [6.07, 6.45) is 0. The first-order valence-electron chi connectivity index (χ1n) is 10.8. The molecule has 7 heteroatoms. The Labute approximate surface area is 198 Å². The van der Waals surface area contributed by atoms with Crippen LogP contribution in [0.3, 0.4) is 0 Å². The van der Waals surface area contributed by atoms with E-state index >= 15 is 0 Å². The van der Waals surface area contributed by atoms with Gasteiger partial charge in [-0.2, -0.15) is 0 Å². The van der Waals surface area contributed by atoms with Crippen LogP contribution in [-0.4, -0.2) is 48.4 Å². The molecule has 0 N–H and O–H groups in total. The summed E-state index contributed by atoms with van der Waals surface area (Å²) in [7, 11) is 1.57. The maximum absolute atomic E-state index is 13.5. The molecule has 0 saturated heterocycles. The molecular weight excluding hydrogens is 439 g/mol. The number of rotatable bonds is 10. The van der Waals surface area contributed by atoms with E-state index in [1.807, 2.05) is 43.5 Å². The van der Waals surface area contributed by atoms with Crippen LogP contribution in [0.25, 0.3) is 0 Å². The number of amides is 2. The van der Waals surface area contributed by atoms with Crippen molar-refractivity contribution in [3.63, 3.8) is 0 Å². The van der Waals surface area contributed by atoms with Gasteiger partial charge in [0.15, 0.2) is 0 Å². The van der Waals surface area contributed by atoms with E-state index in [1.54, 1.807) is 41.5 Å². The topological polar surface area (TPSA) is 49.9 Å². The van der Waals surface area contributed by atoms with Gasteiger partial charge in [0.2, 0.25) is 5.91 Å². The number of hydrogen-bond acceptors (Lipinski definition) is 4. The molecule has 1 heterocycles. The van der Waals surface area contributed by atoms with Crippen molar-refractivity contribution >= 4 is 23.2 Å². The van der Waals surface area contributed by atoms with Gasteiger partial charge in [-0.05, 0) is 60.2 Å². The van der Waals surface area contributed by atoms with Crippen LogP contribution in [0, 0.1) is 19.7 Å². The van der Waals surface area contributed by atoms with Crippen LogP contribution in [0.5, 0.6) is 0 Å². The van der Waals surface area contributed by atoms with E-state index in [-0.39, 0.29) is 24.2 Å². The molecule has 0 aliphatic carbocycles. The van der Waals surface area contributed by atoms with Gasteiger partial charge in [0.1, 0.15) is 12.4 Å². The Kier molecular flexibility index (Phi) is 8.74. The molecule has 1 aromatic heterocycles. The van der Waals surface area contributed by atoms with E-state index in [4.69, 9.17) is 4.74 Å². The summed E-state index contributed by atoms with van der Waals surface area (Å²) in [6, 6.07) is 15.5. The molecule has 3 rings (SSSR count). The van der Waals surface area contributed by atoms with Crippen LogP contribution in [0.1, 0.15) is 31.9 Å². The predicted molar refractivity (Wildman–Crippen MR) is 129 cm³/mol. The van der Waals surface area contributed by atoms with Gasteiger partial charge in [-0.3, -0.25) is 9.59 Å². The lowest BCUT2D eigenvalue weighted by Gasteiger charge is -2.28. The summed E-state index contributed by atoms with van der Waals surface area (Å²) in [5, 5.41) is 2.00. The van der Waals surface area contributed by atoms with Gasteiger partial charge in [0, 0.05) is 30.6 Å². The second-order valence-electron chi connectivity index (χ2n) is 7.94. The molecule has 0 radical (unpaired) electrons. The largest absolute Gasteiger partial charge is 0.383 e. The van der Waals surface area contributed by atoms with Crippen molar-refractivity contribution in [3.8, 4) is 0 Å². The summed E-state index contributed by atoms with van der Waals surface area (Å²) in [6.45, 7) is 5.21. The monoisotopic (exact) mass is 468 g/mol. The van der Waals surface area contributed by atoms with Crippen LogP contribution in [0.2, 0.25) is 0 Å². The molecular formula is C26H29FN2O3S. The van der Waals surface area contributed by atoms with Crippen LogP contribution >= 0.6 is 11.3 Å². The molecule has 2 amide bonds. The minimum Gasteiger partial charge on any atom is -0.383 e. The first-order valence-corrected chi connectivity index (χ1v) is 11.7. The second kappa shape index (κ2) is 11.7. The third kappa shape index (κ3) is 6.73. The number of nitrogens with zero attached hydrogens (tertiary/aromatic N) is 2.